The molecule has 5 nitrogen and oxygen atoms in total. The van der Waals surface area contributed by atoms with Crippen molar-refractivity contribution in [3.8, 4) is 0 Å². The smallest absolute Gasteiger partial charge is 0.251 e. The van der Waals surface area contributed by atoms with Gasteiger partial charge in [-0.2, -0.15) is 0 Å². The lowest BCUT2D eigenvalue weighted by Crippen LogP contribution is -2.45. The van der Waals surface area contributed by atoms with E-state index in [4.69, 9.17) is 5.73 Å². The molecular weight excluding hydrogens is 322 g/mol. The highest BCUT2D eigenvalue weighted by Crippen LogP contribution is 2.16. The molecule has 1 unspecified atom stereocenters. The molecule has 108 valence electrons. The number of carbonyl (C=O) groups is 2. The summed E-state index contributed by atoms with van der Waals surface area (Å²) in [6, 6.07) is 7.18. The van der Waals surface area contributed by atoms with Crippen LogP contribution in [0.4, 0.5) is 0 Å². The number of nitrogens with zero attached hydrogens (tertiary/aromatic N) is 1. The Kier molecular flexibility index (Phi) is 5.14. The van der Waals surface area contributed by atoms with Crippen molar-refractivity contribution in [3.05, 3.63) is 34.3 Å². The van der Waals surface area contributed by atoms with Gasteiger partial charge in [0.15, 0.2) is 0 Å². The fourth-order valence-corrected chi connectivity index (χ4v) is 2.80. The summed E-state index contributed by atoms with van der Waals surface area (Å²) in [5.74, 6) is -0.315. The summed E-state index contributed by atoms with van der Waals surface area (Å²) in [6.07, 6.45) is 1.93. The van der Waals surface area contributed by atoms with Crippen LogP contribution < -0.4 is 11.1 Å². The van der Waals surface area contributed by atoms with Gasteiger partial charge in [-0.05, 0) is 31.0 Å². The van der Waals surface area contributed by atoms with Crippen molar-refractivity contribution in [1.82, 2.24) is 10.2 Å². The van der Waals surface area contributed by atoms with Crippen LogP contribution in [-0.2, 0) is 4.79 Å². The summed E-state index contributed by atoms with van der Waals surface area (Å²) >= 11 is 3.31. The first kappa shape index (κ1) is 15.0. The zero-order chi connectivity index (χ0) is 14.5. The van der Waals surface area contributed by atoms with Crippen LogP contribution in [0.2, 0.25) is 0 Å². The third-order valence-corrected chi connectivity index (χ3v) is 3.95. The Morgan fingerprint density at radius 2 is 2.25 bits per heavy atom. The predicted octanol–water partition coefficient (Wildman–Crippen LogP) is 1.13. The number of halogens is 1. The molecule has 0 radical (unpaired) electrons. The normalized spacial score (nSPS) is 18.1. The zero-order valence-electron chi connectivity index (χ0n) is 11.1. The van der Waals surface area contributed by atoms with E-state index in [1.807, 2.05) is 6.07 Å². The van der Waals surface area contributed by atoms with Crippen molar-refractivity contribution in [3.63, 3.8) is 0 Å². The molecule has 3 N–H and O–H groups in total. The van der Waals surface area contributed by atoms with Crippen molar-refractivity contribution in [1.29, 1.82) is 0 Å². The van der Waals surface area contributed by atoms with Gasteiger partial charge in [0.25, 0.3) is 5.91 Å². The monoisotopic (exact) mass is 339 g/mol. The van der Waals surface area contributed by atoms with E-state index in [1.54, 1.807) is 23.1 Å². The van der Waals surface area contributed by atoms with Gasteiger partial charge in [-0.25, -0.2) is 0 Å². The molecule has 0 saturated carbocycles. The van der Waals surface area contributed by atoms with E-state index >= 15 is 0 Å². The number of nitrogens with two attached hydrogens (primary N) is 1. The number of hydrogen-bond acceptors (Lipinski definition) is 3. The Morgan fingerprint density at radius 3 is 2.95 bits per heavy atom. The molecule has 1 aliphatic heterocycles. The first-order valence-corrected chi connectivity index (χ1v) is 7.44. The molecule has 1 fully saturated rings. The predicted molar refractivity (Wildman–Crippen MR) is 80.3 cm³/mol. The van der Waals surface area contributed by atoms with Gasteiger partial charge < -0.3 is 16.0 Å². The maximum Gasteiger partial charge on any atom is 0.251 e. The highest BCUT2D eigenvalue weighted by molar-refractivity contribution is 9.10. The zero-order valence-corrected chi connectivity index (χ0v) is 12.7. The molecule has 1 saturated heterocycles. The molecule has 20 heavy (non-hydrogen) atoms. The summed E-state index contributed by atoms with van der Waals surface area (Å²) in [7, 11) is 0. The van der Waals surface area contributed by atoms with Crippen LogP contribution in [0.15, 0.2) is 28.7 Å². The average Bonchev–Trinajstić information content (AvgIpc) is 2.92. The van der Waals surface area contributed by atoms with Gasteiger partial charge in [-0.15, -0.1) is 0 Å². The molecule has 6 heteroatoms. The molecule has 1 atom stereocenters. The van der Waals surface area contributed by atoms with Gasteiger partial charge in [0.05, 0.1) is 6.54 Å². The number of carbonyl (C=O) groups excluding carboxylic acids is 2. The first-order chi connectivity index (χ1) is 9.61. The van der Waals surface area contributed by atoms with Crippen molar-refractivity contribution >= 4 is 27.7 Å². The lowest BCUT2D eigenvalue weighted by Gasteiger charge is -2.23. The maximum absolute atomic E-state index is 12.1. The van der Waals surface area contributed by atoms with Crippen LogP contribution in [0.25, 0.3) is 0 Å². The van der Waals surface area contributed by atoms with Crippen molar-refractivity contribution in [2.24, 2.45) is 5.73 Å². The highest BCUT2D eigenvalue weighted by Gasteiger charge is 2.27. The molecule has 1 aromatic carbocycles. The Morgan fingerprint density at radius 1 is 1.45 bits per heavy atom. The number of hydrogen-bond donors (Lipinski definition) is 2. The van der Waals surface area contributed by atoms with E-state index in [-0.39, 0.29) is 24.4 Å². The van der Waals surface area contributed by atoms with Gasteiger partial charge in [-0.3, -0.25) is 9.59 Å². The molecule has 0 spiro atoms. The van der Waals surface area contributed by atoms with E-state index in [9.17, 15) is 9.59 Å². The molecule has 1 aliphatic rings. The topological polar surface area (TPSA) is 75.4 Å². The molecule has 1 heterocycles. The standard InChI is InChI=1S/C14H18BrN3O2/c15-11-4-1-3-10(7-11)14(20)17-9-13(19)18-6-2-5-12(18)8-16/h1,3-4,7,12H,2,5-6,8-9,16H2,(H,17,20). The Labute approximate surface area is 126 Å². The number of likely N-dealkylation sites (tertiary alicyclic amines) is 1. The average molecular weight is 340 g/mol. The number of rotatable bonds is 4. The summed E-state index contributed by atoms with van der Waals surface area (Å²) in [5, 5.41) is 2.66. The van der Waals surface area contributed by atoms with Crippen LogP contribution in [0.1, 0.15) is 23.2 Å². The van der Waals surface area contributed by atoms with Gasteiger partial charge in [-0.1, -0.05) is 22.0 Å². The molecular formula is C14H18BrN3O2. The number of nitrogens with one attached hydrogen (secondary N) is 1. The molecule has 0 aliphatic carbocycles. The van der Waals surface area contributed by atoms with Gasteiger partial charge in [0, 0.05) is 29.2 Å². The minimum Gasteiger partial charge on any atom is -0.343 e. The fourth-order valence-electron chi connectivity index (χ4n) is 2.40. The van der Waals surface area contributed by atoms with Gasteiger partial charge in [0.1, 0.15) is 0 Å². The van der Waals surface area contributed by atoms with E-state index < -0.39 is 0 Å². The number of benzene rings is 1. The fraction of sp³-hybridized carbons (Fsp3) is 0.429. The van der Waals surface area contributed by atoms with Crippen LogP contribution in [-0.4, -0.2) is 42.4 Å². The highest BCUT2D eigenvalue weighted by atomic mass is 79.9. The second kappa shape index (κ2) is 6.85. The molecule has 2 amide bonds. The quantitative estimate of drug-likeness (QED) is 0.863. The lowest BCUT2D eigenvalue weighted by atomic mass is 10.2. The summed E-state index contributed by atoms with van der Waals surface area (Å²) < 4.78 is 0.833. The lowest BCUT2D eigenvalue weighted by molar-refractivity contribution is -0.130. The summed E-state index contributed by atoms with van der Waals surface area (Å²) in [6.45, 7) is 1.22. The van der Waals surface area contributed by atoms with Gasteiger partial charge >= 0.3 is 0 Å². The Hall–Kier alpha value is -1.40. The molecule has 1 aromatic rings. The Balaban J connectivity index is 1.88. The second-order valence-electron chi connectivity index (χ2n) is 4.81. The SMILES string of the molecule is NCC1CCCN1C(=O)CNC(=O)c1cccc(Br)c1. The summed E-state index contributed by atoms with van der Waals surface area (Å²) in [4.78, 5) is 25.8. The van der Waals surface area contributed by atoms with E-state index in [2.05, 4.69) is 21.2 Å². The largest absolute Gasteiger partial charge is 0.343 e. The summed E-state index contributed by atoms with van der Waals surface area (Å²) in [5.41, 5.74) is 6.17. The molecule has 0 aromatic heterocycles. The van der Waals surface area contributed by atoms with Crippen LogP contribution in [0.5, 0.6) is 0 Å². The van der Waals surface area contributed by atoms with Crippen LogP contribution in [0, 0.1) is 0 Å². The third-order valence-electron chi connectivity index (χ3n) is 3.46. The molecule has 0 bridgehead atoms. The maximum atomic E-state index is 12.1. The minimum absolute atomic E-state index is 0.0157. The third kappa shape index (κ3) is 3.58. The van der Waals surface area contributed by atoms with E-state index in [0.29, 0.717) is 12.1 Å². The van der Waals surface area contributed by atoms with E-state index in [1.165, 1.54) is 0 Å². The van der Waals surface area contributed by atoms with Crippen molar-refractivity contribution in [2.75, 3.05) is 19.6 Å². The van der Waals surface area contributed by atoms with E-state index in [0.717, 1.165) is 23.9 Å². The Bertz CT molecular complexity index is 507. The minimum atomic E-state index is -0.247. The van der Waals surface area contributed by atoms with Crippen molar-refractivity contribution in [2.45, 2.75) is 18.9 Å². The first-order valence-electron chi connectivity index (χ1n) is 6.65. The molecule has 2 rings (SSSR count). The van der Waals surface area contributed by atoms with Crippen LogP contribution in [0.3, 0.4) is 0 Å². The van der Waals surface area contributed by atoms with Gasteiger partial charge in [0.2, 0.25) is 5.91 Å². The van der Waals surface area contributed by atoms with Crippen LogP contribution >= 0.6 is 15.9 Å². The second-order valence-corrected chi connectivity index (χ2v) is 5.73. The van der Waals surface area contributed by atoms with Crippen molar-refractivity contribution < 1.29 is 9.59 Å². The number of amides is 2.